The molecule has 0 aliphatic heterocycles. The Balaban J connectivity index is 1.63. The maximum Gasteiger partial charge on any atom is 0.319 e. The van der Waals surface area contributed by atoms with Crippen molar-refractivity contribution in [3.8, 4) is 0 Å². The van der Waals surface area contributed by atoms with E-state index >= 15 is 0 Å². The molecule has 116 valence electrons. The van der Waals surface area contributed by atoms with Crippen LogP contribution in [0.5, 0.6) is 0 Å². The van der Waals surface area contributed by atoms with Gasteiger partial charge < -0.3 is 15.4 Å². The Morgan fingerprint density at radius 1 is 1.24 bits per heavy atom. The monoisotopic (exact) mass is 290 g/mol. The van der Waals surface area contributed by atoms with Gasteiger partial charge in [0.15, 0.2) is 0 Å². The summed E-state index contributed by atoms with van der Waals surface area (Å²) in [5, 5.41) is 5.80. The fourth-order valence-corrected chi connectivity index (χ4v) is 2.75. The zero-order chi connectivity index (χ0) is 15.1. The number of hydrogen-bond acceptors (Lipinski definition) is 2. The summed E-state index contributed by atoms with van der Waals surface area (Å²) in [6.45, 7) is 5.37. The van der Waals surface area contributed by atoms with Gasteiger partial charge in [0.1, 0.15) is 0 Å². The highest BCUT2D eigenvalue weighted by Gasteiger charge is 2.14. The molecule has 0 atom stereocenters. The van der Waals surface area contributed by atoms with Crippen molar-refractivity contribution in [1.82, 2.24) is 5.32 Å². The first-order valence-electron chi connectivity index (χ1n) is 7.89. The molecule has 2 rings (SSSR count). The van der Waals surface area contributed by atoms with Gasteiger partial charge in [-0.1, -0.05) is 31.0 Å². The summed E-state index contributed by atoms with van der Waals surface area (Å²) in [4.78, 5) is 11.9. The number of ether oxygens (including phenoxy) is 1. The third kappa shape index (κ3) is 5.05. The molecule has 0 heterocycles. The van der Waals surface area contributed by atoms with Gasteiger partial charge in [-0.2, -0.15) is 0 Å². The van der Waals surface area contributed by atoms with Crippen molar-refractivity contribution in [1.29, 1.82) is 0 Å². The molecule has 4 heteroatoms. The van der Waals surface area contributed by atoms with Gasteiger partial charge in [0.2, 0.25) is 0 Å². The standard InChI is InChI=1S/C17H26N2O2/c1-13-7-5-8-14(2)16(13)19-17(20)18-11-6-12-21-15-9-3-4-10-15/h5,7-8,15H,3-4,6,9-12H2,1-2H3,(H2,18,19,20). The Morgan fingerprint density at radius 3 is 2.57 bits per heavy atom. The fraction of sp³-hybridized carbons (Fsp3) is 0.588. The number of urea groups is 1. The van der Waals surface area contributed by atoms with Crippen LogP contribution in [0.3, 0.4) is 0 Å². The molecule has 2 amide bonds. The van der Waals surface area contributed by atoms with Crippen LogP contribution in [0.1, 0.15) is 43.2 Å². The van der Waals surface area contributed by atoms with Gasteiger partial charge in [0, 0.05) is 18.8 Å². The average Bonchev–Trinajstić information content (AvgIpc) is 2.96. The van der Waals surface area contributed by atoms with E-state index in [9.17, 15) is 4.79 Å². The van der Waals surface area contributed by atoms with Gasteiger partial charge in [-0.25, -0.2) is 4.79 Å². The number of rotatable bonds is 6. The van der Waals surface area contributed by atoms with Gasteiger partial charge in [-0.3, -0.25) is 0 Å². The molecule has 4 nitrogen and oxygen atoms in total. The van der Waals surface area contributed by atoms with Crippen molar-refractivity contribution < 1.29 is 9.53 Å². The lowest BCUT2D eigenvalue weighted by atomic mass is 10.1. The highest BCUT2D eigenvalue weighted by atomic mass is 16.5. The Morgan fingerprint density at radius 2 is 1.90 bits per heavy atom. The van der Waals surface area contributed by atoms with Crippen LogP contribution in [0.4, 0.5) is 10.5 Å². The van der Waals surface area contributed by atoms with Crippen molar-refractivity contribution in [2.24, 2.45) is 0 Å². The van der Waals surface area contributed by atoms with E-state index < -0.39 is 0 Å². The maximum absolute atomic E-state index is 11.9. The molecule has 1 fully saturated rings. The van der Waals surface area contributed by atoms with E-state index in [4.69, 9.17) is 4.74 Å². The summed E-state index contributed by atoms with van der Waals surface area (Å²) in [6.07, 6.45) is 6.29. The molecule has 2 N–H and O–H groups in total. The van der Waals surface area contributed by atoms with E-state index in [0.717, 1.165) is 29.8 Å². The quantitative estimate of drug-likeness (QED) is 0.783. The molecule has 0 spiro atoms. The number of carbonyl (C=O) groups is 1. The van der Waals surface area contributed by atoms with E-state index in [0.29, 0.717) is 12.6 Å². The molecule has 0 unspecified atom stereocenters. The Bertz CT molecular complexity index is 448. The predicted molar refractivity (Wildman–Crippen MR) is 85.8 cm³/mol. The number of carbonyl (C=O) groups excluding carboxylic acids is 1. The van der Waals surface area contributed by atoms with Gasteiger partial charge in [0.05, 0.1) is 6.10 Å². The van der Waals surface area contributed by atoms with Crippen molar-refractivity contribution in [3.63, 3.8) is 0 Å². The zero-order valence-corrected chi connectivity index (χ0v) is 13.1. The van der Waals surface area contributed by atoms with Gasteiger partial charge in [-0.15, -0.1) is 0 Å². The molecule has 1 aliphatic rings. The maximum atomic E-state index is 11.9. The summed E-state index contributed by atoms with van der Waals surface area (Å²) in [5.41, 5.74) is 3.06. The van der Waals surface area contributed by atoms with Crippen LogP contribution in [0.15, 0.2) is 18.2 Å². The van der Waals surface area contributed by atoms with E-state index in [1.165, 1.54) is 25.7 Å². The molecular weight excluding hydrogens is 264 g/mol. The average molecular weight is 290 g/mol. The molecular formula is C17H26N2O2. The second kappa shape index (κ2) is 8.03. The first-order chi connectivity index (χ1) is 10.2. The number of anilines is 1. The lowest BCUT2D eigenvalue weighted by Gasteiger charge is -2.13. The summed E-state index contributed by atoms with van der Waals surface area (Å²) in [5.74, 6) is 0. The highest BCUT2D eigenvalue weighted by molar-refractivity contribution is 5.90. The van der Waals surface area contributed by atoms with E-state index in [-0.39, 0.29) is 6.03 Å². The molecule has 1 aliphatic carbocycles. The number of para-hydroxylation sites is 1. The second-order valence-electron chi connectivity index (χ2n) is 5.78. The minimum absolute atomic E-state index is 0.145. The van der Waals surface area contributed by atoms with Crippen LogP contribution in [0.2, 0.25) is 0 Å². The fourth-order valence-electron chi connectivity index (χ4n) is 2.75. The van der Waals surface area contributed by atoms with Crippen LogP contribution in [-0.4, -0.2) is 25.3 Å². The normalized spacial score (nSPS) is 15.1. The number of aryl methyl sites for hydroxylation is 2. The first-order valence-corrected chi connectivity index (χ1v) is 7.89. The van der Waals surface area contributed by atoms with Crippen LogP contribution in [-0.2, 0) is 4.74 Å². The largest absolute Gasteiger partial charge is 0.378 e. The lowest BCUT2D eigenvalue weighted by molar-refractivity contribution is 0.0572. The molecule has 0 aromatic heterocycles. The van der Waals surface area contributed by atoms with E-state index in [2.05, 4.69) is 10.6 Å². The lowest BCUT2D eigenvalue weighted by Crippen LogP contribution is -2.30. The Labute approximate surface area is 127 Å². The third-order valence-corrected chi connectivity index (χ3v) is 3.98. The number of benzene rings is 1. The number of amides is 2. The Kier molecular flexibility index (Phi) is 6.05. The van der Waals surface area contributed by atoms with Crippen LogP contribution in [0, 0.1) is 13.8 Å². The van der Waals surface area contributed by atoms with Crippen molar-refractivity contribution in [3.05, 3.63) is 29.3 Å². The van der Waals surface area contributed by atoms with Crippen molar-refractivity contribution in [2.45, 2.75) is 52.1 Å². The highest BCUT2D eigenvalue weighted by Crippen LogP contribution is 2.21. The molecule has 1 aromatic carbocycles. The number of hydrogen-bond donors (Lipinski definition) is 2. The van der Waals surface area contributed by atoms with Gasteiger partial charge in [-0.05, 0) is 44.2 Å². The third-order valence-electron chi connectivity index (χ3n) is 3.98. The zero-order valence-electron chi connectivity index (χ0n) is 13.1. The van der Waals surface area contributed by atoms with E-state index in [1.807, 2.05) is 32.0 Å². The van der Waals surface area contributed by atoms with Gasteiger partial charge in [0.25, 0.3) is 0 Å². The van der Waals surface area contributed by atoms with Crippen molar-refractivity contribution >= 4 is 11.7 Å². The molecule has 1 aromatic rings. The van der Waals surface area contributed by atoms with Crippen molar-refractivity contribution in [2.75, 3.05) is 18.5 Å². The molecule has 0 saturated heterocycles. The SMILES string of the molecule is Cc1cccc(C)c1NC(=O)NCCCOC1CCCC1. The first kappa shape index (κ1) is 15.8. The van der Waals surface area contributed by atoms with E-state index in [1.54, 1.807) is 0 Å². The summed E-state index contributed by atoms with van der Waals surface area (Å²) in [6, 6.07) is 5.85. The summed E-state index contributed by atoms with van der Waals surface area (Å²) >= 11 is 0. The predicted octanol–water partition coefficient (Wildman–Crippen LogP) is 3.77. The van der Waals surface area contributed by atoms with Gasteiger partial charge >= 0.3 is 6.03 Å². The minimum Gasteiger partial charge on any atom is -0.378 e. The summed E-state index contributed by atoms with van der Waals surface area (Å²) < 4.78 is 5.77. The minimum atomic E-state index is -0.145. The summed E-state index contributed by atoms with van der Waals surface area (Å²) in [7, 11) is 0. The number of nitrogens with one attached hydrogen (secondary N) is 2. The van der Waals surface area contributed by atoms with Crippen LogP contribution >= 0.6 is 0 Å². The molecule has 0 radical (unpaired) electrons. The smallest absolute Gasteiger partial charge is 0.319 e. The molecule has 0 bridgehead atoms. The Hall–Kier alpha value is -1.55. The van der Waals surface area contributed by atoms with Crippen LogP contribution < -0.4 is 10.6 Å². The molecule has 21 heavy (non-hydrogen) atoms. The molecule has 1 saturated carbocycles. The second-order valence-corrected chi connectivity index (χ2v) is 5.78. The topological polar surface area (TPSA) is 50.4 Å². The van der Waals surface area contributed by atoms with Crippen LogP contribution in [0.25, 0.3) is 0 Å².